The third kappa shape index (κ3) is 8.01. The number of aromatic nitrogens is 1. The Balaban J connectivity index is 1.41. The highest BCUT2D eigenvalue weighted by atomic mass is 35.5. The van der Waals surface area contributed by atoms with Crippen molar-refractivity contribution in [1.29, 1.82) is 0 Å². The Bertz CT molecular complexity index is 1720. The second-order valence-corrected chi connectivity index (χ2v) is 13.8. The van der Waals surface area contributed by atoms with Crippen LogP contribution in [-0.2, 0) is 27.1 Å². The highest BCUT2D eigenvalue weighted by molar-refractivity contribution is 6.31. The monoisotopic (exact) mass is 645 g/mol. The molecule has 3 aromatic carbocycles. The van der Waals surface area contributed by atoms with Crippen LogP contribution < -0.4 is 10.1 Å². The first-order chi connectivity index (χ1) is 21.7. The molecule has 1 aromatic heterocycles. The summed E-state index contributed by atoms with van der Waals surface area (Å²) in [6.07, 6.45) is -0.283. The van der Waals surface area contributed by atoms with Crippen LogP contribution in [0.25, 0.3) is 10.9 Å². The largest absolute Gasteiger partial charge is 0.444 e. The van der Waals surface area contributed by atoms with Crippen molar-refractivity contribution in [2.24, 2.45) is 0 Å². The van der Waals surface area contributed by atoms with Crippen molar-refractivity contribution >= 4 is 40.7 Å². The average molecular weight is 646 g/mol. The number of alkyl carbamates (subject to hydrolysis) is 1. The lowest BCUT2D eigenvalue weighted by atomic mass is 9.92. The number of carbonyl (C=O) groups is 3. The summed E-state index contributed by atoms with van der Waals surface area (Å²) in [5, 5.41) is 4.32. The molecule has 0 aliphatic carbocycles. The maximum Gasteiger partial charge on any atom is 0.411 e. The van der Waals surface area contributed by atoms with Gasteiger partial charge in [0.05, 0.1) is 0 Å². The molecule has 0 radical (unpaired) electrons. The van der Waals surface area contributed by atoms with Gasteiger partial charge in [0.25, 0.3) is 0 Å². The first-order valence-corrected chi connectivity index (χ1v) is 15.7. The van der Waals surface area contributed by atoms with Gasteiger partial charge in [-0.2, -0.15) is 0 Å². The fraction of sp³-hybridized carbons (Fsp3) is 0.361. The van der Waals surface area contributed by atoms with Gasteiger partial charge in [0.15, 0.2) is 0 Å². The summed E-state index contributed by atoms with van der Waals surface area (Å²) in [7, 11) is 0. The van der Waals surface area contributed by atoms with Gasteiger partial charge >= 0.3 is 18.2 Å². The Labute approximate surface area is 274 Å². The van der Waals surface area contributed by atoms with Crippen molar-refractivity contribution < 1.29 is 28.6 Å². The number of halogens is 1. The number of fused-ring (bicyclic) bond motifs is 3. The number of hydrogen-bond acceptors (Lipinski definition) is 6. The van der Waals surface area contributed by atoms with Crippen LogP contribution in [0.4, 0.5) is 9.59 Å². The molecule has 0 saturated carbocycles. The molecule has 2 atom stereocenters. The van der Waals surface area contributed by atoms with E-state index in [1.54, 1.807) is 37.8 Å². The third-order valence-corrected chi connectivity index (χ3v) is 7.62. The number of esters is 1. The molecule has 0 spiro atoms. The zero-order valence-electron chi connectivity index (χ0n) is 27.0. The van der Waals surface area contributed by atoms with Crippen LogP contribution in [0.2, 0.25) is 5.02 Å². The summed E-state index contributed by atoms with van der Waals surface area (Å²) in [5.74, 6) is -0.341. The molecule has 5 rings (SSSR count). The Kier molecular flexibility index (Phi) is 9.35. The molecule has 9 nitrogen and oxygen atoms in total. The van der Waals surface area contributed by atoms with Crippen LogP contribution in [0.5, 0.6) is 5.75 Å². The van der Waals surface area contributed by atoms with Gasteiger partial charge in [-0.1, -0.05) is 54.1 Å². The predicted octanol–water partition coefficient (Wildman–Crippen LogP) is 7.75. The van der Waals surface area contributed by atoms with E-state index < -0.39 is 41.4 Å². The summed E-state index contributed by atoms with van der Waals surface area (Å²) in [4.78, 5) is 44.7. The number of hydrogen-bond donors (Lipinski definition) is 2. The number of nitrogens with zero attached hydrogens (tertiary/aromatic N) is 1. The minimum atomic E-state index is -0.987. The molecular weight excluding hydrogens is 606 g/mol. The standard InChI is InChI=1S/C36H40ClN3O6/c1-35(2,3)45-33(42)39-29(20-22-10-8-7-9-11-22)32(41)44-25-15-12-23(13-16-25)31-30-26(27-21-24(37)14-17-28(27)38-30)18-19-40(31)34(43)46-36(4,5)6/h7-17,21,29,31,38H,18-20H2,1-6H3,(H,39,42). The molecule has 0 bridgehead atoms. The highest BCUT2D eigenvalue weighted by Crippen LogP contribution is 2.40. The van der Waals surface area contributed by atoms with E-state index in [0.29, 0.717) is 23.7 Å². The van der Waals surface area contributed by atoms with Crippen molar-refractivity contribution in [2.45, 2.75) is 77.7 Å². The maximum atomic E-state index is 13.4. The van der Waals surface area contributed by atoms with Crippen LogP contribution in [0.15, 0.2) is 72.8 Å². The van der Waals surface area contributed by atoms with E-state index in [9.17, 15) is 14.4 Å². The lowest BCUT2D eigenvalue weighted by molar-refractivity contribution is -0.136. The average Bonchev–Trinajstić information content (AvgIpc) is 3.33. The number of carbonyl (C=O) groups excluding carboxylic acids is 3. The molecular formula is C36H40ClN3O6. The van der Waals surface area contributed by atoms with Gasteiger partial charge in [0, 0.05) is 34.6 Å². The Morgan fingerprint density at radius 1 is 0.935 bits per heavy atom. The zero-order valence-corrected chi connectivity index (χ0v) is 27.7. The highest BCUT2D eigenvalue weighted by Gasteiger charge is 2.37. The number of ether oxygens (including phenoxy) is 3. The summed E-state index contributed by atoms with van der Waals surface area (Å²) in [6.45, 7) is 11.2. The summed E-state index contributed by atoms with van der Waals surface area (Å²) in [6, 6.07) is 20.6. The third-order valence-electron chi connectivity index (χ3n) is 7.39. The van der Waals surface area contributed by atoms with Gasteiger partial charge in [-0.3, -0.25) is 4.90 Å². The number of aromatic amines is 1. The molecule has 46 heavy (non-hydrogen) atoms. The number of benzene rings is 3. The molecule has 2 amide bonds. The van der Waals surface area contributed by atoms with Crippen LogP contribution in [0.1, 0.15) is 70.0 Å². The SMILES string of the molecule is CC(C)(C)OC(=O)NC(Cc1ccccc1)C(=O)Oc1ccc(C2c3[nH]c4ccc(Cl)cc4c3CCN2C(=O)OC(C)(C)C)cc1. The molecule has 2 N–H and O–H groups in total. The Hall–Kier alpha value is -4.50. The Morgan fingerprint density at radius 2 is 1.61 bits per heavy atom. The van der Waals surface area contributed by atoms with Gasteiger partial charge in [-0.15, -0.1) is 0 Å². The van der Waals surface area contributed by atoms with Gasteiger partial charge in [0.2, 0.25) is 0 Å². The second kappa shape index (κ2) is 13.1. The van der Waals surface area contributed by atoms with Crippen LogP contribution in [0, 0.1) is 0 Å². The normalized spacial score (nSPS) is 15.5. The fourth-order valence-corrected chi connectivity index (χ4v) is 5.69. The van der Waals surface area contributed by atoms with Gasteiger partial charge < -0.3 is 24.5 Å². The predicted molar refractivity (Wildman–Crippen MR) is 177 cm³/mol. The fourth-order valence-electron chi connectivity index (χ4n) is 5.52. The first-order valence-electron chi connectivity index (χ1n) is 15.3. The zero-order chi connectivity index (χ0) is 33.2. The van der Waals surface area contributed by atoms with E-state index in [1.165, 1.54) is 0 Å². The molecule has 10 heteroatoms. The molecule has 2 heterocycles. The summed E-state index contributed by atoms with van der Waals surface area (Å²) < 4.78 is 16.9. The van der Waals surface area contributed by atoms with Gasteiger partial charge in [-0.05, 0) is 95.0 Å². The number of nitrogens with one attached hydrogen (secondary N) is 2. The second-order valence-electron chi connectivity index (χ2n) is 13.4. The number of amides is 2. The maximum absolute atomic E-state index is 13.4. The van der Waals surface area contributed by atoms with E-state index in [0.717, 1.165) is 33.3 Å². The smallest absolute Gasteiger partial charge is 0.411 e. The topological polar surface area (TPSA) is 110 Å². The number of rotatable bonds is 6. The van der Waals surface area contributed by atoms with Crippen molar-refractivity contribution in [3.8, 4) is 5.75 Å². The molecule has 242 valence electrons. The molecule has 1 aliphatic heterocycles. The van der Waals surface area contributed by atoms with Crippen molar-refractivity contribution in [1.82, 2.24) is 15.2 Å². The van der Waals surface area contributed by atoms with Crippen LogP contribution in [0.3, 0.4) is 0 Å². The van der Waals surface area contributed by atoms with Crippen LogP contribution in [-0.4, -0.2) is 51.8 Å². The summed E-state index contributed by atoms with van der Waals surface area (Å²) >= 11 is 6.34. The van der Waals surface area contributed by atoms with Crippen molar-refractivity contribution in [2.75, 3.05) is 6.54 Å². The van der Waals surface area contributed by atoms with Gasteiger partial charge in [0.1, 0.15) is 29.0 Å². The van der Waals surface area contributed by atoms with Crippen molar-refractivity contribution in [3.63, 3.8) is 0 Å². The lowest BCUT2D eigenvalue weighted by Crippen LogP contribution is -2.46. The van der Waals surface area contributed by atoms with E-state index in [1.807, 2.05) is 81.4 Å². The molecule has 0 saturated heterocycles. The summed E-state index contributed by atoms with van der Waals surface area (Å²) in [5.41, 5.74) is 3.15. The minimum absolute atomic E-state index is 0.219. The molecule has 1 aliphatic rings. The van der Waals surface area contributed by atoms with Crippen molar-refractivity contribution in [3.05, 3.63) is 100 Å². The van der Waals surface area contributed by atoms with E-state index in [2.05, 4.69) is 10.3 Å². The van der Waals surface area contributed by atoms with E-state index in [4.69, 9.17) is 25.8 Å². The molecule has 4 aromatic rings. The lowest BCUT2D eigenvalue weighted by Gasteiger charge is -2.37. The quantitative estimate of drug-likeness (QED) is 0.164. The first kappa shape index (κ1) is 32.9. The number of H-pyrrole nitrogens is 1. The van der Waals surface area contributed by atoms with Crippen LogP contribution >= 0.6 is 11.6 Å². The Morgan fingerprint density at radius 3 is 2.26 bits per heavy atom. The molecule has 0 fully saturated rings. The molecule has 2 unspecified atom stereocenters. The minimum Gasteiger partial charge on any atom is -0.444 e. The van der Waals surface area contributed by atoms with Gasteiger partial charge in [-0.25, -0.2) is 14.4 Å². The van der Waals surface area contributed by atoms with E-state index in [-0.39, 0.29) is 6.42 Å². The van der Waals surface area contributed by atoms with E-state index >= 15 is 0 Å².